The summed E-state index contributed by atoms with van der Waals surface area (Å²) >= 11 is 0. The quantitative estimate of drug-likeness (QED) is 0.420. The summed E-state index contributed by atoms with van der Waals surface area (Å²) in [4.78, 5) is 42.5. The second kappa shape index (κ2) is 13.2. The Balaban J connectivity index is 1.45. The summed E-state index contributed by atoms with van der Waals surface area (Å²) in [6, 6.07) is 8.60. The number of carbonyl (C=O) groups is 3. The molecule has 212 valence electrons. The molecule has 0 unspecified atom stereocenters. The minimum atomic E-state index is -0.596. The van der Waals surface area contributed by atoms with Crippen molar-refractivity contribution in [3.63, 3.8) is 0 Å². The largest absolute Gasteiger partial charge is 0.364 e. The van der Waals surface area contributed by atoms with Crippen LogP contribution in [0.15, 0.2) is 30.3 Å². The highest BCUT2D eigenvalue weighted by Crippen LogP contribution is 2.36. The third kappa shape index (κ3) is 7.24. The van der Waals surface area contributed by atoms with Gasteiger partial charge in [0.05, 0.1) is 17.7 Å². The van der Waals surface area contributed by atoms with Crippen LogP contribution in [0.25, 0.3) is 0 Å². The minimum absolute atomic E-state index is 0.0198. The van der Waals surface area contributed by atoms with Gasteiger partial charge in [0.1, 0.15) is 5.69 Å². The van der Waals surface area contributed by atoms with E-state index in [0.29, 0.717) is 43.1 Å². The predicted octanol–water partition coefficient (Wildman–Crippen LogP) is 2.34. The van der Waals surface area contributed by atoms with Crippen LogP contribution in [0.3, 0.4) is 0 Å². The molecule has 5 N–H and O–H groups in total. The smallest absolute Gasteiger partial charge is 0.266 e. The van der Waals surface area contributed by atoms with E-state index in [1.807, 2.05) is 36.1 Å². The van der Waals surface area contributed by atoms with E-state index in [4.69, 9.17) is 11.5 Å². The van der Waals surface area contributed by atoms with Crippen molar-refractivity contribution >= 4 is 23.4 Å². The van der Waals surface area contributed by atoms with E-state index in [1.54, 1.807) is 10.7 Å². The third-order valence-corrected chi connectivity index (χ3v) is 8.13. The summed E-state index contributed by atoms with van der Waals surface area (Å²) < 4.78 is 1.58. The van der Waals surface area contributed by atoms with Crippen LogP contribution in [0, 0.1) is 5.92 Å². The monoisotopic (exact) mass is 537 g/mol. The number of amides is 3. The number of nitrogens with zero attached hydrogens (tertiary/aromatic N) is 4. The second-order valence-corrected chi connectivity index (χ2v) is 11.0. The molecule has 2 atom stereocenters. The maximum absolute atomic E-state index is 13.7. The number of hydrogen-bond donors (Lipinski definition) is 3. The number of rotatable bonds is 9. The van der Waals surface area contributed by atoms with E-state index in [0.717, 1.165) is 44.3 Å². The molecule has 2 aromatic rings. The fraction of sp³-hybridized carbons (Fsp3) is 0.586. The molecule has 1 saturated heterocycles. The first-order chi connectivity index (χ1) is 18.8. The predicted molar refractivity (Wildman–Crippen MR) is 151 cm³/mol. The maximum atomic E-state index is 13.7. The maximum Gasteiger partial charge on any atom is 0.266 e. The summed E-state index contributed by atoms with van der Waals surface area (Å²) in [6.07, 6.45) is 6.82. The Kier molecular flexibility index (Phi) is 9.74. The Morgan fingerprint density at radius 1 is 1.03 bits per heavy atom. The second-order valence-electron chi connectivity index (χ2n) is 11.0. The van der Waals surface area contributed by atoms with Gasteiger partial charge in [0.15, 0.2) is 0 Å². The van der Waals surface area contributed by atoms with Gasteiger partial charge in [-0.2, -0.15) is 5.10 Å². The molecule has 1 aromatic heterocycles. The fourth-order valence-electron chi connectivity index (χ4n) is 5.81. The zero-order chi connectivity index (χ0) is 27.9. The van der Waals surface area contributed by atoms with Crippen LogP contribution in [0.4, 0.5) is 5.69 Å². The van der Waals surface area contributed by atoms with E-state index in [2.05, 4.69) is 22.4 Å². The van der Waals surface area contributed by atoms with Crippen LogP contribution >= 0.6 is 0 Å². The molecule has 1 aromatic carbocycles. The molecular weight excluding hydrogens is 494 g/mol. The molecule has 0 bridgehead atoms. The van der Waals surface area contributed by atoms with E-state index >= 15 is 0 Å². The summed E-state index contributed by atoms with van der Waals surface area (Å²) in [5.41, 5.74) is 14.4. The number of primary amides is 1. The van der Waals surface area contributed by atoms with Gasteiger partial charge >= 0.3 is 0 Å². The van der Waals surface area contributed by atoms with Gasteiger partial charge in [-0.1, -0.05) is 37.8 Å². The molecule has 39 heavy (non-hydrogen) atoms. The zero-order valence-electron chi connectivity index (χ0n) is 23.3. The standard InChI is InChI=1S/C29H43N7O3/c1-3-36-25(27(31)37)19-24(33-36)26(21-8-6-4-5-7-9-21)28(38)32-22-12-10-20(11-13-22)18-23(30)29(39)35-16-14-34(2)15-17-35/h10-13,19,21,23,26H,3-9,14-18,30H2,1-2H3,(H2,31,37)(H,32,38)/t23-,26+/m1/s1. The lowest BCUT2D eigenvalue weighted by Gasteiger charge is -2.33. The highest BCUT2D eigenvalue weighted by atomic mass is 16.2. The normalized spacial score (nSPS) is 18.8. The minimum Gasteiger partial charge on any atom is -0.364 e. The summed E-state index contributed by atoms with van der Waals surface area (Å²) in [5, 5.41) is 7.71. The number of hydrogen-bond acceptors (Lipinski definition) is 6. The number of nitrogens with one attached hydrogen (secondary N) is 1. The molecule has 2 heterocycles. The Labute approximate surface area is 231 Å². The van der Waals surface area contributed by atoms with Gasteiger partial charge in [0, 0.05) is 38.4 Å². The van der Waals surface area contributed by atoms with Crippen LogP contribution < -0.4 is 16.8 Å². The van der Waals surface area contributed by atoms with Crippen molar-refractivity contribution in [3.8, 4) is 0 Å². The molecule has 10 nitrogen and oxygen atoms in total. The molecular formula is C29H43N7O3. The Hall–Kier alpha value is -3.24. The van der Waals surface area contributed by atoms with E-state index in [-0.39, 0.29) is 17.7 Å². The van der Waals surface area contributed by atoms with Gasteiger partial charge < -0.3 is 26.6 Å². The molecule has 2 fully saturated rings. The van der Waals surface area contributed by atoms with Gasteiger partial charge in [0.2, 0.25) is 11.8 Å². The van der Waals surface area contributed by atoms with Crippen molar-refractivity contribution in [1.29, 1.82) is 0 Å². The van der Waals surface area contributed by atoms with Crippen molar-refractivity contribution in [2.24, 2.45) is 17.4 Å². The lowest BCUT2D eigenvalue weighted by atomic mass is 9.83. The first-order valence-corrected chi connectivity index (χ1v) is 14.3. The van der Waals surface area contributed by atoms with Crippen molar-refractivity contribution in [1.82, 2.24) is 19.6 Å². The SMILES string of the molecule is CCn1nc([C@@H](C(=O)Nc2ccc(C[C@@H](N)C(=O)N3CCN(C)CC3)cc2)C2CCCCCC2)cc1C(N)=O. The highest BCUT2D eigenvalue weighted by Gasteiger charge is 2.33. The van der Waals surface area contributed by atoms with Crippen LogP contribution in [-0.2, 0) is 22.6 Å². The molecule has 1 aliphatic carbocycles. The first kappa shape index (κ1) is 28.8. The van der Waals surface area contributed by atoms with E-state index < -0.39 is 17.9 Å². The van der Waals surface area contributed by atoms with Crippen LogP contribution in [0.1, 0.15) is 73.1 Å². The summed E-state index contributed by atoms with van der Waals surface area (Å²) in [7, 11) is 2.05. The Bertz CT molecular complexity index is 1130. The van der Waals surface area contributed by atoms with Crippen molar-refractivity contribution in [2.45, 2.75) is 70.4 Å². The van der Waals surface area contributed by atoms with Gasteiger partial charge in [-0.05, 0) is 62.9 Å². The average Bonchev–Trinajstić information content (AvgIpc) is 3.17. The number of nitrogens with two attached hydrogens (primary N) is 2. The van der Waals surface area contributed by atoms with Crippen molar-refractivity contribution < 1.29 is 14.4 Å². The van der Waals surface area contributed by atoms with Gasteiger partial charge in [-0.25, -0.2) is 0 Å². The number of aromatic nitrogens is 2. The fourth-order valence-corrected chi connectivity index (χ4v) is 5.81. The zero-order valence-corrected chi connectivity index (χ0v) is 23.3. The average molecular weight is 538 g/mol. The number of anilines is 1. The van der Waals surface area contributed by atoms with E-state index in [9.17, 15) is 14.4 Å². The number of piperazine rings is 1. The van der Waals surface area contributed by atoms with Crippen LogP contribution in [0.2, 0.25) is 0 Å². The number of likely N-dealkylation sites (N-methyl/N-ethyl adjacent to an activating group) is 1. The molecule has 4 rings (SSSR count). The van der Waals surface area contributed by atoms with Gasteiger partial charge in [0.25, 0.3) is 5.91 Å². The Morgan fingerprint density at radius 3 is 2.23 bits per heavy atom. The lowest BCUT2D eigenvalue weighted by Crippen LogP contribution is -2.52. The third-order valence-electron chi connectivity index (χ3n) is 8.13. The molecule has 10 heteroatoms. The lowest BCUT2D eigenvalue weighted by molar-refractivity contribution is -0.134. The van der Waals surface area contributed by atoms with Crippen molar-refractivity contribution in [3.05, 3.63) is 47.3 Å². The summed E-state index contributed by atoms with van der Waals surface area (Å²) in [5.74, 6) is -1.02. The Morgan fingerprint density at radius 2 is 1.67 bits per heavy atom. The first-order valence-electron chi connectivity index (χ1n) is 14.3. The molecule has 1 aliphatic heterocycles. The van der Waals surface area contributed by atoms with Crippen LogP contribution in [-0.4, -0.2) is 76.6 Å². The van der Waals surface area contributed by atoms with Gasteiger partial charge in [-0.15, -0.1) is 0 Å². The molecule has 3 amide bonds. The summed E-state index contributed by atoms with van der Waals surface area (Å²) in [6.45, 7) is 5.52. The molecule has 2 aliphatic rings. The topological polar surface area (TPSA) is 140 Å². The molecule has 1 saturated carbocycles. The number of benzene rings is 1. The van der Waals surface area contributed by atoms with E-state index in [1.165, 1.54) is 12.8 Å². The number of aryl methyl sites for hydroxylation is 1. The number of carbonyl (C=O) groups excluding carboxylic acids is 3. The van der Waals surface area contributed by atoms with Crippen LogP contribution in [0.5, 0.6) is 0 Å². The highest BCUT2D eigenvalue weighted by molar-refractivity contribution is 5.97. The van der Waals surface area contributed by atoms with Gasteiger partial charge in [-0.3, -0.25) is 19.1 Å². The van der Waals surface area contributed by atoms with Crippen molar-refractivity contribution in [2.75, 3.05) is 38.5 Å². The molecule has 0 radical (unpaired) electrons. The molecule has 0 spiro atoms.